The summed E-state index contributed by atoms with van der Waals surface area (Å²) in [5, 5.41) is 3.20. The lowest BCUT2D eigenvalue weighted by Gasteiger charge is -2.23. The van der Waals surface area contributed by atoms with Crippen molar-refractivity contribution in [1.29, 1.82) is 0 Å². The molecule has 1 aromatic carbocycles. The Balaban J connectivity index is 2.89. The van der Waals surface area contributed by atoms with E-state index in [1.54, 1.807) is 13.2 Å². The zero-order valence-electron chi connectivity index (χ0n) is 10.3. The number of hydrogen-bond donors (Lipinski definition) is 2. The third-order valence-electron chi connectivity index (χ3n) is 2.58. The number of halogens is 2. The molecule has 0 fully saturated rings. The highest BCUT2D eigenvalue weighted by Gasteiger charge is 2.15. The number of hydrogen-bond acceptors (Lipinski definition) is 3. The molecule has 1 aromatic rings. The van der Waals surface area contributed by atoms with Crippen LogP contribution in [0.5, 0.6) is 0 Å². The topological polar surface area (TPSA) is 47.3 Å². The second-order valence-electron chi connectivity index (χ2n) is 4.30. The third kappa shape index (κ3) is 3.85. The van der Waals surface area contributed by atoms with Gasteiger partial charge in [-0.2, -0.15) is 0 Å². The van der Waals surface area contributed by atoms with Gasteiger partial charge < -0.3 is 15.8 Å². The minimum atomic E-state index is -0.332. The average Bonchev–Trinajstić information content (AvgIpc) is 2.24. The zero-order valence-corrected chi connectivity index (χ0v) is 11.8. The van der Waals surface area contributed by atoms with Crippen LogP contribution in [-0.4, -0.2) is 19.8 Å². The number of anilines is 2. The number of nitrogen functional groups attached to an aromatic ring is 1. The molecule has 0 amide bonds. The Kier molecular flexibility index (Phi) is 5.21. The Bertz CT molecular complexity index is 385. The number of nitrogens with two attached hydrogens (primary N) is 1. The van der Waals surface area contributed by atoms with Crippen molar-refractivity contribution < 1.29 is 9.13 Å². The summed E-state index contributed by atoms with van der Waals surface area (Å²) in [6.45, 7) is 4.69. The molecule has 0 aliphatic rings. The van der Waals surface area contributed by atoms with E-state index in [1.807, 2.05) is 0 Å². The van der Waals surface area contributed by atoms with Crippen molar-refractivity contribution in [3.8, 4) is 0 Å². The predicted molar refractivity (Wildman–Crippen MR) is 72.6 cm³/mol. The molecular formula is C12H18BrFN2O. The fourth-order valence-corrected chi connectivity index (χ4v) is 1.83. The van der Waals surface area contributed by atoms with E-state index in [2.05, 4.69) is 35.1 Å². The summed E-state index contributed by atoms with van der Waals surface area (Å²) in [5.41, 5.74) is 6.95. The van der Waals surface area contributed by atoms with Gasteiger partial charge in [-0.3, -0.25) is 0 Å². The lowest BCUT2D eigenvalue weighted by Crippen LogP contribution is -2.30. The molecule has 3 nitrogen and oxygen atoms in total. The van der Waals surface area contributed by atoms with Crippen molar-refractivity contribution in [3.05, 3.63) is 22.4 Å². The second kappa shape index (κ2) is 6.21. The maximum Gasteiger partial charge on any atom is 0.139 e. The van der Waals surface area contributed by atoms with Crippen LogP contribution in [-0.2, 0) is 4.74 Å². The monoisotopic (exact) mass is 304 g/mol. The number of benzene rings is 1. The maximum absolute atomic E-state index is 13.4. The minimum Gasteiger partial charge on any atom is -0.397 e. The van der Waals surface area contributed by atoms with E-state index in [9.17, 15) is 4.39 Å². The highest BCUT2D eigenvalue weighted by molar-refractivity contribution is 9.10. The third-order valence-corrected chi connectivity index (χ3v) is 3.19. The molecule has 0 bridgehead atoms. The lowest BCUT2D eigenvalue weighted by molar-refractivity contribution is 0.171. The van der Waals surface area contributed by atoms with Crippen LogP contribution in [0.15, 0.2) is 16.6 Å². The predicted octanol–water partition coefficient (Wildman–Crippen LogP) is 3.25. The molecule has 5 heteroatoms. The van der Waals surface area contributed by atoms with Crippen LogP contribution in [0, 0.1) is 11.7 Å². The van der Waals surface area contributed by atoms with Crippen LogP contribution in [0.3, 0.4) is 0 Å². The number of rotatable bonds is 5. The van der Waals surface area contributed by atoms with Crippen molar-refractivity contribution in [3.63, 3.8) is 0 Å². The van der Waals surface area contributed by atoms with Crippen molar-refractivity contribution in [2.75, 3.05) is 24.8 Å². The van der Waals surface area contributed by atoms with Crippen LogP contribution in [0.1, 0.15) is 13.8 Å². The molecule has 1 atom stereocenters. The first-order chi connectivity index (χ1) is 7.95. The molecule has 3 N–H and O–H groups in total. The van der Waals surface area contributed by atoms with Gasteiger partial charge in [-0.05, 0) is 27.9 Å². The van der Waals surface area contributed by atoms with Gasteiger partial charge in [-0.1, -0.05) is 13.8 Å². The van der Waals surface area contributed by atoms with Crippen LogP contribution >= 0.6 is 15.9 Å². The van der Waals surface area contributed by atoms with E-state index in [0.29, 0.717) is 28.4 Å². The maximum atomic E-state index is 13.4. The average molecular weight is 305 g/mol. The molecule has 0 aliphatic heterocycles. The smallest absolute Gasteiger partial charge is 0.139 e. The van der Waals surface area contributed by atoms with Gasteiger partial charge in [-0.15, -0.1) is 0 Å². The van der Waals surface area contributed by atoms with Gasteiger partial charge in [0.15, 0.2) is 0 Å². The minimum absolute atomic E-state index is 0.0999. The van der Waals surface area contributed by atoms with Gasteiger partial charge in [0.25, 0.3) is 0 Å². The van der Waals surface area contributed by atoms with E-state index < -0.39 is 0 Å². The van der Waals surface area contributed by atoms with Crippen molar-refractivity contribution in [1.82, 2.24) is 0 Å². The second-order valence-corrected chi connectivity index (χ2v) is 5.16. The summed E-state index contributed by atoms with van der Waals surface area (Å²) >= 11 is 3.10. The Morgan fingerprint density at radius 1 is 1.47 bits per heavy atom. The summed E-state index contributed by atoms with van der Waals surface area (Å²) < 4.78 is 18.9. The van der Waals surface area contributed by atoms with Crippen LogP contribution in [0.4, 0.5) is 15.8 Å². The quantitative estimate of drug-likeness (QED) is 0.821. The first-order valence-corrected chi connectivity index (χ1v) is 6.25. The standard InChI is InChI=1S/C12H18BrFN2O/c1-7(2)12(6-17-3)16-11-5-9(14)8(13)4-10(11)15/h4-5,7,12,16H,6,15H2,1-3H3. The van der Waals surface area contributed by atoms with Gasteiger partial charge in [0.05, 0.1) is 28.5 Å². The fourth-order valence-electron chi connectivity index (χ4n) is 1.47. The van der Waals surface area contributed by atoms with E-state index >= 15 is 0 Å². The van der Waals surface area contributed by atoms with Crippen molar-refractivity contribution in [2.24, 2.45) is 5.92 Å². The van der Waals surface area contributed by atoms with E-state index in [-0.39, 0.29) is 11.9 Å². The molecule has 0 aromatic heterocycles. The molecule has 0 spiro atoms. The first-order valence-electron chi connectivity index (χ1n) is 5.45. The number of ether oxygens (including phenoxy) is 1. The zero-order chi connectivity index (χ0) is 13.0. The van der Waals surface area contributed by atoms with Crippen LogP contribution in [0.2, 0.25) is 0 Å². The van der Waals surface area contributed by atoms with E-state index in [1.165, 1.54) is 6.07 Å². The SMILES string of the molecule is COCC(Nc1cc(F)c(Br)cc1N)C(C)C. The summed E-state index contributed by atoms with van der Waals surface area (Å²) in [7, 11) is 1.64. The van der Waals surface area contributed by atoms with Gasteiger partial charge >= 0.3 is 0 Å². The summed E-state index contributed by atoms with van der Waals surface area (Å²) in [6.07, 6.45) is 0. The molecule has 0 saturated carbocycles. The van der Waals surface area contributed by atoms with Crippen LogP contribution in [0.25, 0.3) is 0 Å². The van der Waals surface area contributed by atoms with Crippen molar-refractivity contribution in [2.45, 2.75) is 19.9 Å². The molecule has 96 valence electrons. The molecule has 1 unspecified atom stereocenters. The lowest BCUT2D eigenvalue weighted by atomic mass is 10.0. The van der Waals surface area contributed by atoms with Crippen LogP contribution < -0.4 is 11.1 Å². The van der Waals surface area contributed by atoms with Gasteiger partial charge in [0, 0.05) is 13.2 Å². The Labute approximate surface area is 110 Å². The molecule has 0 radical (unpaired) electrons. The van der Waals surface area contributed by atoms with Crippen molar-refractivity contribution >= 4 is 27.3 Å². The molecular weight excluding hydrogens is 287 g/mol. The van der Waals surface area contributed by atoms with E-state index in [4.69, 9.17) is 10.5 Å². The summed E-state index contributed by atoms with van der Waals surface area (Å²) in [4.78, 5) is 0. The highest BCUT2D eigenvalue weighted by atomic mass is 79.9. The largest absolute Gasteiger partial charge is 0.397 e. The van der Waals surface area contributed by atoms with Gasteiger partial charge in [0.2, 0.25) is 0 Å². The van der Waals surface area contributed by atoms with Gasteiger partial charge in [0.1, 0.15) is 5.82 Å². The molecule has 0 heterocycles. The Morgan fingerprint density at radius 3 is 2.65 bits per heavy atom. The molecule has 0 aliphatic carbocycles. The summed E-state index contributed by atoms with van der Waals surface area (Å²) in [5.74, 6) is 0.0303. The number of nitrogens with one attached hydrogen (secondary N) is 1. The fraction of sp³-hybridized carbons (Fsp3) is 0.500. The van der Waals surface area contributed by atoms with Gasteiger partial charge in [-0.25, -0.2) is 4.39 Å². The highest BCUT2D eigenvalue weighted by Crippen LogP contribution is 2.27. The molecule has 0 saturated heterocycles. The number of methoxy groups -OCH3 is 1. The van der Waals surface area contributed by atoms with E-state index in [0.717, 1.165) is 0 Å². The Hall–Kier alpha value is -0.810. The first kappa shape index (κ1) is 14.3. The normalized spacial score (nSPS) is 12.8. The molecule has 1 rings (SSSR count). The Morgan fingerprint density at radius 2 is 2.12 bits per heavy atom. The molecule has 17 heavy (non-hydrogen) atoms. The summed E-state index contributed by atoms with van der Waals surface area (Å²) in [6, 6.07) is 3.05.